The van der Waals surface area contributed by atoms with Crippen LogP contribution in [0.5, 0.6) is 0 Å². The molecule has 20 heavy (non-hydrogen) atoms. The Labute approximate surface area is 119 Å². The molecule has 1 saturated heterocycles. The lowest BCUT2D eigenvalue weighted by Gasteiger charge is -2.32. The van der Waals surface area contributed by atoms with E-state index in [1.165, 1.54) is 19.2 Å². The van der Waals surface area contributed by atoms with Gasteiger partial charge in [0, 0.05) is 12.6 Å². The molecule has 1 saturated carbocycles. The number of amides is 1. The fraction of sp³-hybridized carbons (Fsp3) is 0.786. The summed E-state index contributed by atoms with van der Waals surface area (Å²) in [5, 5.41) is 7.52. The van der Waals surface area contributed by atoms with E-state index in [1.807, 2.05) is 6.92 Å². The summed E-state index contributed by atoms with van der Waals surface area (Å²) in [6.45, 7) is 4.94. The van der Waals surface area contributed by atoms with Gasteiger partial charge < -0.3 is 10.2 Å². The molecule has 2 heterocycles. The van der Waals surface area contributed by atoms with Crippen molar-refractivity contribution in [2.24, 2.45) is 5.92 Å². The van der Waals surface area contributed by atoms with Gasteiger partial charge in [-0.1, -0.05) is 0 Å². The summed E-state index contributed by atoms with van der Waals surface area (Å²) in [6, 6.07) is 0.199. The van der Waals surface area contributed by atoms with Crippen LogP contribution in [0.25, 0.3) is 0 Å². The molecule has 1 amide bonds. The quantitative estimate of drug-likeness (QED) is 0.866. The lowest BCUT2D eigenvalue weighted by Crippen LogP contribution is -2.44. The fourth-order valence-corrected chi connectivity index (χ4v) is 2.93. The van der Waals surface area contributed by atoms with Gasteiger partial charge in [0.25, 0.3) is 0 Å². The minimum Gasteiger partial charge on any atom is -0.338 e. The van der Waals surface area contributed by atoms with Gasteiger partial charge >= 0.3 is 0 Å². The molecule has 0 aromatic carbocycles. The summed E-state index contributed by atoms with van der Waals surface area (Å²) in [6.07, 6.45) is 7.84. The van der Waals surface area contributed by atoms with E-state index in [4.69, 9.17) is 0 Å². The van der Waals surface area contributed by atoms with Crippen LogP contribution in [0.1, 0.15) is 38.6 Å². The van der Waals surface area contributed by atoms with E-state index in [0.29, 0.717) is 12.0 Å². The molecule has 2 atom stereocenters. The molecule has 2 fully saturated rings. The van der Waals surface area contributed by atoms with Gasteiger partial charge in [0.1, 0.15) is 18.7 Å². The van der Waals surface area contributed by atoms with E-state index in [1.54, 1.807) is 11.0 Å². The maximum Gasteiger partial charge on any atom is 0.247 e. The molecular formula is C14H23N5O. The number of hydrogen-bond acceptors (Lipinski definition) is 4. The molecule has 0 bridgehead atoms. The third-order valence-electron chi connectivity index (χ3n) is 4.32. The summed E-state index contributed by atoms with van der Waals surface area (Å²) in [4.78, 5) is 18.7. The van der Waals surface area contributed by atoms with Crippen LogP contribution in [0.15, 0.2) is 12.7 Å². The van der Waals surface area contributed by atoms with Crippen molar-refractivity contribution in [3.8, 4) is 0 Å². The third kappa shape index (κ3) is 3.00. The van der Waals surface area contributed by atoms with Crippen molar-refractivity contribution >= 4 is 5.91 Å². The van der Waals surface area contributed by atoms with Crippen LogP contribution >= 0.6 is 0 Å². The molecule has 1 aromatic rings. The molecule has 3 rings (SSSR count). The number of carbonyl (C=O) groups is 1. The fourth-order valence-electron chi connectivity index (χ4n) is 2.93. The van der Waals surface area contributed by atoms with Crippen LogP contribution in [0.2, 0.25) is 0 Å². The van der Waals surface area contributed by atoms with E-state index in [0.717, 1.165) is 32.5 Å². The molecule has 1 aliphatic heterocycles. The van der Waals surface area contributed by atoms with Crippen molar-refractivity contribution in [1.82, 2.24) is 25.0 Å². The van der Waals surface area contributed by atoms with Gasteiger partial charge in [-0.05, 0) is 51.6 Å². The first-order valence-electron chi connectivity index (χ1n) is 7.61. The highest BCUT2D eigenvalue weighted by Gasteiger charge is 2.36. The van der Waals surface area contributed by atoms with Gasteiger partial charge in [-0.2, -0.15) is 5.10 Å². The Morgan fingerprint density at radius 2 is 2.35 bits per heavy atom. The molecule has 2 unspecified atom stereocenters. The van der Waals surface area contributed by atoms with E-state index in [9.17, 15) is 4.79 Å². The SMILES string of the molecule is CC(C(=O)N(CC1CCCNC1)C1CC1)n1cncn1. The normalized spacial score (nSPS) is 24.4. The smallest absolute Gasteiger partial charge is 0.247 e. The Morgan fingerprint density at radius 3 is 2.95 bits per heavy atom. The van der Waals surface area contributed by atoms with Gasteiger partial charge in [0.15, 0.2) is 0 Å². The molecule has 6 heteroatoms. The van der Waals surface area contributed by atoms with Gasteiger partial charge in [-0.25, -0.2) is 9.67 Å². The standard InChI is InChI=1S/C14H23N5O/c1-11(19-10-16-9-17-19)14(20)18(13-4-5-13)8-12-3-2-6-15-7-12/h9-13,15H,2-8H2,1H3. The molecule has 0 radical (unpaired) electrons. The first-order chi connectivity index (χ1) is 9.75. The lowest BCUT2D eigenvalue weighted by molar-refractivity contribution is -0.136. The minimum atomic E-state index is -0.255. The first kappa shape index (κ1) is 13.5. The maximum absolute atomic E-state index is 12.7. The number of nitrogens with zero attached hydrogens (tertiary/aromatic N) is 4. The summed E-state index contributed by atoms with van der Waals surface area (Å²) < 4.78 is 1.65. The Kier molecular flexibility index (Phi) is 4.00. The maximum atomic E-state index is 12.7. The zero-order valence-electron chi connectivity index (χ0n) is 12.0. The third-order valence-corrected chi connectivity index (χ3v) is 4.32. The Bertz CT molecular complexity index is 436. The number of piperidine rings is 1. The van der Waals surface area contributed by atoms with Gasteiger partial charge in [0.2, 0.25) is 5.91 Å². The lowest BCUT2D eigenvalue weighted by atomic mass is 9.98. The van der Waals surface area contributed by atoms with Crippen LogP contribution in [0, 0.1) is 5.92 Å². The topological polar surface area (TPSA) is 63.1 Å². The predicted molar refractivity (Wildman–Crippen MR) is 75.1 cm³/mol. The summed E-state index contributed by atoms with van der Waals surface area (Å²) >= 11 is 0. The highest BCUT2D eigenvalue weighted by Crippen LogP contribution is 2.30. The number of rotatable bonds is 5. The Morgan fingerprint density at radius 1 is 1.50 bits per heavy atom. The zero-order valence-corrected chi connectivity index (χ0v) is 12.0. The van der Waals surface area contributed by atoms with Gasteiger partial charge in [0.05, 0.1) is 0 Å². The van der Waals surface area contributed by atoms with Crippen LogP contribution in [0.3, 0.4) is 0 Å². The van der Waals surface area contributed by atoms with Crippen molar-refractivity contribution in [2.75, 3.05) is 19.6 Å². The van der Waals surface area contributed by atoms with Crippen LogP contribution in [-0.2, 0) is 4.79 Å². The van der Waals surface area contributed by atoms with E-state index < -0.39 is 0 Å². The second-order valence-corrected chi connectivity index (χ2v) is 5.99. The molecule has 1 aromatic heterocycles. The summed E-state index contributed by atoms with van der Waals surface area (Å²) in [5.41, 5.74) is 0. The number of nitrogens with one attached hydrogen (secondary N) is 1. The molecule has 1 aliphatic carbocycles. The minimum absolute atomic E-state index is 0.184. The molecular weight excluding hydrogens is 254 g/mol. The largest absolute Gasteiger partial charge is 0.338 e. The molecule has 110 valence electrons. The van der Waals surface area contributed by atoms with E-state index >= 15 is 0 Å². The average molecular weight is 277 g/mol. The van der Waals surface area contributed by atoms with Crippen molar-refractivity contribution < 1.29 is 4.79 Å². The highest BCUT2D eigenvalue weighted by atomic mass is 16.2. The predicted octanol–water partition coefficient (Wildman–Crippen LogP) is 0.830. The van der Waals surface area contributed by atoms with Crippen LogP contribution in [-0.4, -0.2) is 51.2 Å². The second-order valence-electron chi connectivity index (χ2n) is 5.99. The summed E-state index contributed by atoms with van der Waals surface area (Å²) in [5.74, 6) is 0.778. The van der Waals surface area contributed by atoms with Crippen molar-refractivity contribution in [3.63, 3.8) is 0 Å². The van der Waals surface area contributed by atoms with Gasteiger partial charge in [-0.15, -0.1) is 0 Å². The average Bonchev–Trinajstić information content (AvgIpc) is 3.18. The molecule has 1 N–H and O–H groups in total. The van der Waals surface area contributed by atoms with E-state index in [2.05, 4.69) is 20.3 Å². The van der Waals surface area contributed by atoms with Crippen LogP contribution < -0.4 is 5.32 Å². The first-order valence-corrected chi connectivity index (χ1v) is 7.61. The Balaban J connectivity index is 1.65. The van der Waals surface area contributed by atoms with Crippen molar-refractivity contribution in [3.05, 3.63) is 12.7 Å². The monoisotopic (exact) mass is 277 g/mol. The van der Waals surface area contributed by atoms with Crippen molar-refractivity contribution in [2.45, 2.75) is 44.7 Å². The highest BCUT2D eigenvalue weighted by molar-refractivity contribution is 5.80. The second kappa shape index (κ2) is 5.91. The molecule has 0 spiro atoms. The summed E-state index contributed by atoms with van der Waals surface area (Å²) in [7, 11) is 0. The number of aromatic nitrogens is 3. The van der Waals surface area contributed by atoms with Crippen molar-refractivity contribution in [1.29, 1.82) is 0 Å². The number of hydrogen-bond donors (Lipinski definition) is 1. The number of carbonyl (C=O) groups excluding carboxylic acids is 1. The Hall–Kier alpha value is -1.43. The zero-order chi connectivity index (χ0) is 13.9. The van der Waals surface area contributed by atoms with Gasteiger partial charge in [-0.3, -0.25) is 4.79 Å². The molecule has 2 aliphatic rings. The van der Waals surface area contributed by atoms with Crippen LogP contribution in [0.4, 0.5) is 0 Å². The molecule has 6 nitrogen and oxygen atoms in total. The van der Waals surface area contributed by atoms with E-state index in [-0.39, 0.29) is 11.9 Å².